The van der Waals surface area contributed by atoms with Crippen molar-refractivity contribution in [3.63, 3.8) is 0 Å². The maximum Gasteiger partial charge on any atom is 0.211 e. The molecule has 0 saturated heterocycles. The highest BCUT2D eigenvalue weighted by atomic mass is 32.1. The fourth-order valence-corrected chi connectivity index (χ4v) is 1.78. The highest BCUT2D eigenvalue weighted by Gasteiger charge is 2.18. The van der Waals surface area contributed by atoms with Crippen LogP contribution in [0.5, 0.6) is 0 Å². The van der Waals surface area contributed by atoms with Gasteiger partial charge < -0.3 is 4.74 Å². The number of hydrogen-bond acceptors (Lipinski definition) is 4. The van der Waals surface area contributed by atoms with Crippen molar-refractivity contribution < 1.29 is 9.53 Å². The summed E-state index contributed by atoms with van der Waals surface area (Å²) in [5.41, 5.74) is 1.27. The van der Waals surface area contributed by atoms with Crippen molar-refractivity contribution in [2.75, 3.05) is 6.61 Å². The van der Waals surface area contributed by atoms with E-state index in [0.717, 1.165) is 10.6 Å². The first-order valence-corrected chi connectivity index (χ1v) is 4.93. The molecular weight excluding hydrogens is 186 g/mol. The van der Waals surface area contributed by atoms with Crippen molar-refractivity contribution in [2.24, 2.45) is 0 Å². The number of ether oxygens (including phenoxy) is 1. The van der Waals surface area contributed by atoms with Crippen LogP contribution in [0.15, 0.2) is 17.2 Å². The number of rotatable bonds is 2. The minimum absolute atomic E-state index is 0.00171. The Kier molecular flexibility index (Phi) is 2.14. The smallest absolute Gasteiger partial charge is 0.211 e. The molecule has 1 aliphatic heterocycles. The average Bonchev–Trinajstić information content (AvgIpc) is 2.72. The van der Waals surface area contributed by atoms with Gasteiger partial charge in [-0.25, -0.2) is 4.98 Å². The molecule has 2 heterocycles. The van der Waals surface area contributed by atoms with Crippen LogP contribution >= 0.6 is 11.3 Å². The Bertz CT molecular complexity index is 367. The number of aryl methyl sites for hydroxylation is 1. The molecule has 68 valence electrons. The molecule has 0 bridgehead atoms. The first kappa shape index (κ1) is 8.44. The number of ketones is 1. The zero-order chi connectivity index (χ0) is 9.26. The predicted molar refractivity (Wildman–Crippen MR) is 49.8 cm³/mol. The fraction of sp³-hybridized carbons (Fsp3) is 0.333. The van der Waals surface area contributed by atoms with Gasteiger partial charge in [0.2, 0.25) is 5.78 Å². The Balaban J connectivity index is 2.22. The van der Waals surface area contributed by atoms with E-state index in [-0.39, 0.29) is 5.78 Å². The lowest BCUT2D eigenvalue weighted by molar-refractivity contribution is 0.102. The summed E-state index contributed by atoms with van der Waals surface area (Å²) >= 11 is 1.49. The van der Waals surface area contributed by atoms with Gasteiger partial charge in [0.15, 0.2) is 0 Å². The third-order valence-electron chi connectivity index (χ3n) is 1.86. The monoisotopic (exact) mass is 195 g/mol. The van der Waals surface area contributed by atoms with Gasteiger partial charge in [0.1, 0.15) is 5.69 Å². The van der Waals surface area contributed by atoms with E-state index >= 15 is 0 Å². The summed E-state index contributed by atoms with van der Waals surface area (Å²) in [7, 11) is 0. The van der Waals surface area contributed by atoms with Gasteiger partial charge in [-0.3, -0.25) is 4.79 Å². The van der Waals surface area contributed by atoms with Crippen LogP contribution in [0, 0.1) is 6.92 Å². The second-order valence-electron chi connectivity index (χ2n) is 2.84. The van der Waals surface area contributed by atoms with Crippen LogP contribution in [0.3, 0.4) is 0 Å². The molecule has 0 radical (unpaired) electrons. The van der Waals surface area contributed by atoms with Gasteiger partial charge in [-0.2, -0.15) is 0 Å². The summed E-state index contributed by atoms with van der Waals surface area (Å²) in [5, 5.41) is 2.71. The van der Waals surface area contributed by atoms with E-state index in [9.17, 15) is 4.79 Å². The van der Waals surface area contributed by atoms with Gasteiger partial charge in [-0.1, -0.05) is 0 Å². The minimum atomic E-state index is 0.00171. The van der Waals surface area contributed by atoms with E-state index in [2.05, 4.69) is 4.98 Å². The molecule has 0 amide bonds. The summed E-state index contributed by atoms with van der Waals surface area (Å²) in [6.07, 6.45) is 2.24. The van der Waals surface area contributed by atoms with Crippen LogP contribution in [0.1, 0.15) is 21.9 Å². The number of Topliss-reactive ketones (excluding diaryl/α,β-unsaturated/α-hetero) is 1. The molecule has 0 aromatic carbocycles. The maximum absolute atomic E-state index is 11.7. The van der Waals surface area contributed by atoms with Gasteiger partial charge >= 0.3 is 0 Å². The number of carbonyl (C=O) groups excluding carboxylic acids is 1. The lowest BCUT2D eigenvalue weighted by Crippen LogP contribution is -2.02. The minimum Gasteiger partial charge on any atom is -0.500 e. The number of aromatic nitrogens is 1. The van der Waals surface area contributed by atoms with Crippen molar-refractivity contribution in [1.82, 2.24) is 4.98 Å². The SMILES string of the molecule is Cc1nc(C(=O)C2=COCC2)cs1. The van der Waals surface area contributed by atoms with E-state index in [0.29, 0.717) is 18.7 Å². The van der Waals surface area contributed by atoms with Crippen molar-refractivity contribution in [1.29, 1.82) is 0 Å². The number of nitrogens with zero attached hydrogens (tertiary/aromatic N) is 1. The summed E-state index contributed by atoms with van der Waals surface area (Å²) in [4.78, 5) is 15.8. The van der Waals surface area contributed by atoms with E-state index in [1.807, 2.05) is 6.92 Å². The largest absolute Gasteiger partial charge is 0.500 e. The van der Waals surface area contributed by atoms with Crippen LogP contribution < -0.4 is 0 Å². The van der Waals surface area contributed by atoms with Crippen LogP contribution in [0.25, 0.3) is 0 Å². The summed E-state index contributed by atoms with van der Waals surface area (Å²) < 4.78 is 5.00. The van der Waals surface area contributed by atoms with Crippen LogP contribution in [-0.2, 0) is 4.74 Å². The van der Waals surface area contributed by atoms with E-state index in [4.69, 9.17) is 4.74 Å². The summed E-state index contributed by atoms with van der Waals surface area (Å²) in [6, 6.07) is 0. The molecule has 0 fully saturated rings. The molecule has 0 saturated carbocycles. The number of thiazole rings is 1. The first-order chi connectivity index (χ1) is 6.27. The summed E-state index contributed by atoms with van der Waals surface area (Å²) in [6.45, 7) is 2.51. The predicted octanol–water partition coefficient (Wildman–Crippen LogP) is 1.94. The molecule has 1 aliphatic rings. The Labute approximate surface area is 80.1 Å². The molecular formula is C9H9NO2S. The third kappa shape index (κ3) is 1.62. The van der Waals surface area contributed by atoms with Crippen LogP contribution in [-0.4, -0.2) is 17.4 Å². The molecule has 0 N–H and O–H groups in total. The van der Waals surface area contributed by atoms with Gasteiger partial charge in [-0.05, 0) is 6.92 Å². The Morgan fingerprint density at radius 3 is 3.08 bits per heavy atom. The molecule has 2 rings (SSSR count). The van der Waals surface area contributed by atoms with Gasteiger partial charge in [0.05, 0.1) is 17.9 Å². The number of hydrogen-bond donors (Lipinski definition) is 0. The maximum atomic E-state index is 11.7. The highest BCUT2D eigenvalue weighted by Crippen LogP contribution is 2.18. The van der Waals surface area contributed by atoms with Gasteiger partial charge in [-0.15, -0.1) is 11.3 Å². The van der Waals surface area contributed by atoms with E-state index in [1.165, 1.54) is 17.6 Å². The number of carbonyl (C=O) groups is 1. The van der Waals surface area contributed by atoms with Crippen LogP contribution in [0.2, 0.25) is 0 Å². The molecule has 4 heteroatoms. The van der Waals surface area contributed by atoms with E-state index in [1.54, 1.807) is 5.38 Å². The molecule has 0 atom stereocenters. The zero-order valence-electron chi connectivity index (χ0n) is 7.24. The topological polar surface area (TPSA) is 39.2 Å². The highest BCUT2D eigenvalue weighted by molar-refractivity contribution is 7.09. The van der Waals surface area contributed by atoms with Crippen molar-refractivity contribution >= 4 is 17.1 Å². The Hall–Kier alpha value is -1.16. The zero-order valence-corrected chi connectivity index (χ0v) is 8.06. The van der Waals surface area contributed by atoms with Crippen molar-refractivity contribution in [2.45, 2.75) is 13.3 Å². The normalized spacial score (nSPS) is 15.3. The van der Waals surface area contributed by atoms with Crippen LogP contribution in [0.4, 0.5) is 0 Å². The lowest BCUT2D eigenvalue weighted by Gasteiger charge is -1.93. The standard InChI is InChI=1S/C9H9NO2S/c1-6-10-8(5-13-6)9(11)7-2-3-12-4-7/h4-5H,2-3H2,1H3. The molecule has 3 nitrogen and oxygen atoms in total. The van der Waals surface area contributed by atoms with E-state index < -0.39 is 0 Å². The Morgan fingerprint density at radius 2 is 2.54 bits per heavy atom. The molecule has 1 aromatic rings. The Morgan fingerprint density at radius 1 is 1.69 bits per heavy atom. The van der Waals surface area contributed by atoms with Gasteiger partial charge in [0, 0.05) is 17.4 Å². The first-order valence-electron chi connectivity index (χ1n) is 4.05. The van der Waals surface area contributed by atoms with Crippen molar-refractivity contribution in [3.8, 4) is 0 Å². The fourth-order valence-electron chi connectivity index (χ4n) is 1.19. The average molecular weight is 195 g/mol. The molecule has 0 spiro atoms. The molecule has 13 heavy (non-hydrogen) atoms. The second-order valence-corrected chi connectivity index (χ2v) is 3.91. The molecule has 0 aliphatic carbocycles. The molecule has 0 unspecified atom stereocenters. The summed E-state index contributed by atoms with van der Waals surface area (Å²) in [5.74, 6) is 0.00171. The quantitative estimate of drug-likeness (QED) is 0.677. The lowest BCUT2D eigenvalue weighted by atomic mass is 10.1. The molecule has 1 aromatic heterocycles. The van der Waals surface area contributed by atoms with Crippen molar-refractivity contribution in [3.05, 3.63) is 27.9 Å². The van der Waals surface area contributed by atoms with Gasteiger partial charge in [0.25, 0.3) is 0 Å². The second kappa shape index (κ2) is 3.30. The third-order valence-corrected chi connectivity index (χ3v) is 2.63.